The molecule has 0 fully saturated rings. The topological polar surface area (TPSA) is 76.0 Å². The molecule has 5 nitrogen and oxygen atoms in total. The van der Waals surface area contributed by atoms with Crippen molar-refractivity contribution in [1.29, 1.82) is 0 Å². The number of rotatable bonds is 6. The molecule has 3 aromatic rings. The molecule has 0 unspecified atom stereocenters. The number of fused-ring (bicyclic) bond motifs is 1. The second-order valence-corrected chi connectivity index (χ2v) is 5.57. The Labute approximate surface area is 142 Å². The maximum Gasteiger partial charge on any atom is 0.392 e. The summed E-state index contributed by atoms with van der Waals surface area (Å²) in [7, 11) is 0. The van der Waals surface area contributed by atoms with E-state index < -0.39 is 12.6 Å². The molecule has 8 heteroatoms. The van der Waals surface area contributed by atoms with E-state index in [1.54, 1.807) is 36.4 Å². The van der Waals surface area contributed by atoms with Crippen LogP contribution in [0.1, 0.15) is 12.0 Å². The Kier molecular flexibility index (Phi) is 4.69. The lowest BCUT2D eigenvalue weighted by molar-refractivity contribution is -0.139. The standard InChI is InChI=1S/C17H17F3N4O/c18-17(19,20)7-8-25-13-4-1-11(2-5-13)10-22-16-23-14-6-3-12(21)9-15(14)24-16/h1-6,9H,7-8,10,21H2,(H2,22,23,24). The first-order valence-electron chi connectivity index (χ1n) is 7.67. The van der Waals surface area contributed by atoms with Gasteiger partial charge in [0.1, 0.15) is 5.75 Å². The minimum Gasteiger partial charge on any atom is -0.493 e. The van der Waals surface area contributed by atoms with Crippen LogP contribution in [0.15, 0.2) is 42.5 Å². The Bertz CT molecular complexity index is 843. The minimum atomic E-state index is -4.21. The van der Waals surface area contributed by atoms with Crippen molar-refractivity contribution >= 4 is 22.7 Å². The van der Waals surface area contributed by atoms with Crippen molar-refractivity contribution in [1.82, 2.24) is 9.97 Å². The highest BCUT2D eigenvalue weighted by Crippen LogP contribution is 2.21. The van der Waals surface area contributed by atoms with Crippen LogP contribution in [-0.2, 0) is 6.54 Å². The molecule has 4 N–H and O–H groups in total. The first-order valence-corrected chi connectivity index (χ1v) is 7.67. The molecule has 3 rings (SSSR count). The van der Waals surface area contributed by atoms with Crippen LogP contribution in [0.2, 0.25) is 0 Å². The normalized spacial score (nSPS) is 11.6. The van der Waals surface area contributed by atoms with Crippen LogP contribution in [0, 0.1) is 0 Å². The summed E-state index contributed by atoms with van der Waals surface area (Å²) in [6, 6.07) is 12.3. The smallest absolute Gasteiger partial charge is 0.392 e. The monoisotopic (exact) mass is 350 g/mol. The van der Waals surface area contributed by atoms with Gasteiger partial charge in [-0.3, -0.25) is 0 Å². The van der Waals surface area contributed by atoms with Gasteiger partial charge in [-0.25, -0.2) is 4.98 Å². The van der Waals surface area contributed by atoms with Crippen LogP contribution >= 0.6 is 0 Å². The molecule has 0 atom stereocenters. The number of nitrogen functional groups attached to an aromatic ring is 1. The summed E-state index contributed by atoms with van der Waals surface area (Å²) in [5.74, 6) is 1.03. The number of H-pyrrole nitrogens is 1. The second kappa shape index (κ2) is 6.92. The molecule has 0 amide bonds. The lowest BCUT2D eigenvalue weighted by atomic mass is 10.2. The SMILES string of the molecule is Nc1ccc2nc(NCc3ccc(OCCC(F)(F)F)cc3)[nH]c2c1. The number of anilines is 2. The zero-order valence-electron chi connectivity index (χ0n) is 13.2. The molecule has 0 spiro atoms. The Hall–Kier alpha value is -2.90. The van der Waals surface area contributed by atoms with E-state index in [-0.39, 0.29) is 6.61 Å². The quantitative estimate of drug-likeness (QED) is 0.585. The number of ether oxygens (including phenoxy) is 1. The molecule has 1 heterocycles. The van der Waals surface area contributed by atoms with E-state index in [1.807, 2.05) is 6.07 Å². The third-order valence-corrected chi connectivity index (χ3v) is 3.54. The van der Waals surface area contributed by atoms with Crippen molar-refractivity contribution in [3.8, 4) is 5.75 Å². The summed E-state index contributed by atoms with van der Waals surface area (Å²) in [4.78, 5) is 7.52. The fraction of sp³-hybridized carbons (Fsp3) is 0.235. The Morgan fingerprint density at radius 1 is 1.12 bits per heavy atom. The van der Waals surface area contributed by atoms with Crippen molar-refractivity contribution in [2.45, 2.75) is 19.1 Å². The van der Waals surface area contributed by atoms with E-state index in [9.17, 15) is 13.2 Å². The lowest BCUT2D eigenvalue weighted by Crippen LogP contribution is -2.13. The van der Waals surface area contributed by atoms with Crippen LogP contribution in [0.4, 0.5) is 24.8 Å². The average Bonchev–Trinajstić information content (AvgIpc) is 2.95. The molecule has 2 aromatic carbocycles. The van der Waals surface area contributed by atoms with Gasteiger partial charge in [-0.05, 0) is 35.9 Å². The van der Waals surface area contributed by atoms with Gasteiger partial charge in [0.25, 0.3) is 0 Å². The molecular formula is C17H17F3N4O. The zero-order valence-corrected chi connectivity index (χ0v) is 13.2. The number of hydrogen-bond acceptors (Lipinski definition) is 4. The Morgan fingerprint density at radius 2 is 1.88 bits per heavy atom. The van der Waals surface area contributed by atoms with Gasteiger partial charge in [0.05, 0.1) is 24.1 Å². The Balaban J connectivity index is 1.54. The number of halogens is 3. The van der Waals surface area contributed by atoms with Crippen molar-refractivity contribution in [3.63, 3.8) is 0 Å². The van der Waals surface area contributed by atoms with E-state index in [0.717, 1.165) is 16.6 Å². The number of aromatic amines is 1. The van der Waals surface area contributed by atoms with Crippen LogP contribution < -0.4 is 15.8 Å². The molecule has 25 heavy (non-hydrogen) atoms. The summed E-state index contributed by atoms with van der Waals surface area (Å²) < 4.78 is 41.3. The number of nitrogens with two attached hydrogens (primary N) is 1. The summed E-state index contributed by atoms with van der Waals surface area (Å²) in [6.45, 7) is 0.126. The molecule has 0 saturated carbocycles. The highest BCUT2D eigenvalue weighted by molar-refractivity contribution is 5.80. The predicted octanol–water partition coefficient (Wildman–Crippen LogP) is 4.09. The van der Waals surface area contributed by atoms with Crippen molar-refractivity contribution in [3.05, 3.63) is 48.0 Å². The third-order valence-electron chi connectivity index (χ3n) is 3.54. The van der Waals surface area contributed by atoms with Gasteiger partial charge in [0.15, 0.2) is 0 Å². The van der Waals surface area contributed by atoms with Crippen molar-refractivity contribution in [2.24, 2.45) is 0 Å². The van der Waals surface area contributed by atoms with Crippen LogP contribution in [0.25, 0.3) is 11.0 Å². The number of alkyl halides is 3. The summed E-state index contributed by atoms with van der Waals surface area (Å²) in [5, 5.41) is 3.16. The molecule has 0 bridgehead atoms. The molecule has 0 aliphatic carbocycles. The van der Waals surface area contributed by atoms with E-state index in [1.165, 1.54) is 0 Å². The first-order chi connectivity index (χ1) is 11.9. The Morgan fingerprint density at radius 3 is 2.60 bits per heavy atom. The number of hydrogen-bond donors (Lipinski definition) is 3. The largest absolute Gasteiger partial charge is 0.493 e. The van der Waals surface area contributed by atoms with Crippen molar-refractivity contribution < 1.29 is 17.9 Å². The molecule has 0 saturated heterocycles. The number of aromatic nitrogens is 2. The fourth-order valence-electron chi connectivity index (χ4n) is 2.28. The molecular weight excluding hydrogens is 333 g/mol. The molecule has 1 aromatic heterocycles. The number of nitrogens with one attached hydrogen (secondary N) is 2. The minimum absolute atomic E-state index is 0.386. The summed E-state index contributed by atoms with van der Waals surface area (Å²) in [5.41, 5.74) is 8.99. The zero-order chi connectivity index (χ0) is 17.9. The summed E-state index contributed by atoms with van der Waals surface area (Å²) in [6.07, 6.45) is -5.17. The maximum absolute atomic E-state index is 12.1. The molecule has 0 aliphatic heterocycles. The summed E-state index contributed by atoms with van der Waals surface area (Å²) >= 11 is 0. The van der Waals surface area contributed by atoms with Crippen molar-refractivity contribution in [2.75, 3.05) is 17.7 Å². The van der Waals surface area contributed by atoms with Crippen LogP contribution in [0.3, 0.4) is 0 Å². The number of benzene rings is 2. The van der Waals surface area contributed by atoms with Gasteiger partial charge in [-0.2, -0.15) is 13.2 Å². The molecule has 0 aliphatic rings. The highest BCUT2D eigenvalue weighted by atomic mass is 19.4. The van der Waals surface area contributed by atoms with Crippen LogP contribution in [0.5, 0.6) is 5.75 Å². The van der Waals surface area contributed by atoms with E-state index >= 15 is 0 Å². The van der Waals surface area contributed by atoms with Gasteiger partial charge < -0.3 is 20.8 Å². The van der Waals surface area contributed by atoms with Gasteiger partial charge in [0.2, 0.25) is 5.95 Å². The number of imidazole rings is 1. The fourth-order valence-corrected chi connectivity index (χ4v) is 2.28. The molecule has 132 valence electrons. The predicted molar refractivity (Wildman–Crippen MR) is 90.4 cm³/mol. The number of nitrogens with zero attached hydrogens (tertiary/aromatic N) is 1. The average molecular weight is 350 g/mol. The first kappa shape index (κ1) is 16.9. The van der Waals surface area contributed by atoms with Gasteiger partial charge >= 0.3 is 6.18 Å². The lowest BCUT2D eigenvalue weighted by Gasteiger charge is -2.09. The maximum atomic E-state index is 12.1. The van der Waals surface area contributed by atoms with Gasteiger partial charge in [-0.15, -0.1) is 0 Å². The van der Waals surface area contributed by atoms with E-state index in [0.29, 0.717) is 23.9 Å². The molecule has 0 radical (unpaired) electrons. The highest BCUT2D eigenvalue weighted by Gasteiger charge is 2.26. The van der Waals surface area contributed by atoms with Crippen LogP contribution in [-0.4, -0.2) is 22.8 Å². The van der Waals surface area contributed by atoms with E-state index in [2.05, 4.69) is 15.3 Å². The van der Waals surface area contributed by atoms with Gasteiger partial charge in [0, 0.05) is 12.2 Å². The van der Waals surface area contributed by atoms with E-state index in [4.69, 9.17) is 10.5 Å². The van der Waals surface area contributed by atoms with Gasteiger partial charge in [-0.1, -0.05) is 12.1 Å². The second-order valence-electron chi connectivity index (χ2n) is 5.57. The third kappa shape index (κ3) is 4.79.